The highest BCUT2D eigenvalue weighted by atomic mass is 32.2. The molecule has 0 atom stereocenters. The molecule has 1 aliphatic carbocycles. The number of nitrogens with two attached hydrogens (primary N) is 1. The summed E-state index contributed by atoms with van der Waals surface area (Å²) in [6, 6.07) is 7.27. The lowest BCUT2D eigenvalue weighted by molar-refractivity contribution is 0.145. The van der Waals surface area contributed by atoms with E-state index in [9.17, 15) is 17.2 Å². The average Bonchev–Trinajstić information content (AvgIpc) is 3.00. The highest BCUT2D eigenvalue weighted by Crippen LogP contribution is 2.37. The summed E-state index contributed by atoms with van der Waals surface area (Å²) in [5.41, 5.74) is 1.04. The van der Waals surface area contributed by atoms with E-state index < -0.39 is 16.4 Å². The molecule has 0 radical (unpaired) electrons. The largest absolute Gasteiger partial charge is 0.282 e. The number of aromatic nitrogens is 2. The maximum absolute atomic E-state index is 13.2. The van der Waals surface area contributed by atoms with E-state index in [0.717, 1.165) is 31.4 Å². The van der Waals surface area contributed by atoms with Crippen molar-refractivity contribution in [3.8, 4) is 5.69 Å². The van der Waals surface area contributed by atoms with Crippen LogP contribution in [-0.4, -0.2) is 18.2 Å². The minimum absolute atomic E-state index is 0.0227. The Hall–Kier alpha value is -1.80. The molecule has 0 spiro atoms. The van der Waals surface area contributed by atoms with Gasteiger partial charge < -0.3 is 0 Å². The Morgan fingerprint density at radius 1 is 1.16 bits per heavy atom. The van der Waals surface area contributed by atoms with Crippen LogP contribution in [0.3, 0.4) is 0 Å². The number of nitrogens with zero attached hydrogens (tertiary/aromatic N) is 2. The smallest absolute Gasteiger partial charge is 0.237 e. The molecule has 1 aromatic heterocycles. The van der Waals surface area contributed by atoms with Crippen molar-refractivity contribution in [2.45, 2.75) is 49.8 Å². The number of hydrogen-bond acceptors (Lipinski definition) is 3. The van der Waals surface area contributed by atoms with Crippen molar-refractivity contribution in [3.05, 3.63) is 41.7 Å². The molecule has 1 fully saturated rings. The number of benzene rings is 1. The number of sulfonamides is 1. The molecule has 0 bridgehead atoms. The second-order valence-electron chi connectivity index (χ2n) is 6.70. The normalized spacial score (nSPS) is 21.6. The molecule has 1 saturated carbocycles. The highest BCUT2D eigenvalue weighted by molar-refractivity contribution is 7.89. The Labute approximate surface area is 145 Å². The van der Waals surface area contributed by atoms with Gasteiger partial charge in [-0.3, -0.25) is 0 Å². The Morgan fingerprint density at radius 3 is 2.28 bits per heavy atom. The molecule has 1 heterocycles. The third-order valence-electron chi connectivity index (χ3n) is 4.82. The molecular weight excluding hydrogens is 348 g/mol. The molecule has 5 nitrogen and oxygen atoms in total. The van der Waals surface area contributed by atoms with Crippen molar-refractivity contribution in [1.29, 1.82) is 0 Å². The second-order valence-corrected chi connectivity index (χ2v) is 8.26. The first kappa shape index (κ1) is 18.0. The molecule has 3 rings (SSSR count). The molecule has 1 aromatic carbocycles. The van der Waals surface area contributed by atoms with Crippen molar-refractivity contribution in [1.82, 2.24) is 9.78 Å². The zero-order chi connectivity index (χ0) is 18.2. The summed E-state index contributed by atoms with van der Waals surface area (Å²) < 4.78 is 50.6. The van der Waals surface area contributed by atoms with Gasteiger partial charge in [-0.25, -0.2) is 27.0 Å². The van der Waals surface area contributed by atoms with Gasteiger partial charge in [0.2, 0.25) is 10.0 Å². The fourth-order valence-corrected chi connectivity index (χ4v) is 3.87. The number of alkyl halides is 2. The molecule has 8 heteroatoms. The topological polar surface area (TPSA) is 78.0 Å². The fourth-order valence-electron chi connectivity index (χ4n) is 3.35. The van der Waals surface area contributed by atoms with Gasteiger partial charge in [-0.05, 0) is 49.1 Å². The van der Waals surface area contributed by atoms with Gasteiger partial charge in [0.25, 0.3) is 6.43 Å². The van der Waals surface area contributed by atoms with E-state index in [-0.39, 0.29) is 16.5 Å². The van der Waals surface area contributed by atoms with Crippen molar-refractivity contribution < 1.29 is 17.2 Å². The lowest BCUT2D eigenvalue weighted by atomic mass is 9.81. The first-order valence-electron chi connectivity index (χ1n) is 8.27. The number of hydrogen-bond donors (Lipinski definition) is 1. The standard InChI is InChI=1S/C17H21F2N3O2S/c1-11-2-4-12(5-3-11)16-10-15(17(18)19)21-22(16)13-6-8-14(9-7-13)25(20,23)24/h6-12,17H,2-5H2,1H3,(H2,20,23,24). The Morgan fingerprint density at radius 2 is 1.76 bits per heavy atom. The predicted octanol–water partition coefficient (Wildman–Crippen LogP) is 3.75. The van der Waals surface area contributed by atoms with Crippen molar-refractivity contribution >= 4 is 10.0 Å². The third kappa shape index (κ3) is 3.90. The predicted molar refractivity (Wildman–Crippen MR) is 90.3 cm³/mol. The summed E-state index contributed by atoms with van der Waals surface area (Å²) in [4.78, 5) is -0.0227. The van der Waals surface area contributed by atoms with Gasteiger partial charge in [-0.1, -0.05) is 19.8 Å². The van der Waals surface area contributed by atoms with Crippen LogP contribution in [0.25, 0.3) is 5.69 Å². The molecule has 25 heavy (non-hydrogen) atoms. The van der Waals surface area contributed by atoms with Crippen LogP contribution in [0.15, 0.2) is 35.2 Å². The molecular formula is C17H21F2N3O2S. The van der Waals surface area contributed by atoms with Gasteiger partial charge in [0.1, 0.15) is 5.69 Å². The quantitative estimate of drug-likeness (QED) is 0.891. The van der Waals surface area contributed by atoms with E-state index in [1.54, 1.807) is 0 Å². The summed E-state index contributed by atoms with van der Waals surface area (Å²) >= 11 is 0. The van der Waals surface area contributed by atoms with E-state index in [1.807, 2.05) is 0 Å². The van der Waals surface area contributed by atoms with E-state index in [2.05, 4.69) is 12.0 Å². The summed E-state index contributed by atoms with van der Waals surface area (Å²) in [6.45, 7) is 2.20. The van der Waals surface area contributed by atoms with Crippen LogP contribution in [-0.2, 0) is 10.0 Å². The average molecular weight is 369 g/mol. The molecule has 0 unspecified atom stereocenters. The lowest BCUT2D eigenvalue weighted by Gasteiger charge is -2.26. The third-order valence-corrected chi connectivity index (χ3v) is 5.75. The van der Waals surface area contributed by atoms with Crippen LogP contribution in [0.4, 0.5) is 8.78 Å². The SMILES string of the molecule is CC1CCC(c2cc(C(F)F)nn2-c2ccc(S(N)(=O)=O)cc2)CC1. The Balaban J connectivity index is 1.99. The van der Waals surface area contributed by atoms with Gasteiger partial charge in [0.05, 0.1) is 10.6 Å². The Bertz CT molecular complexity index is 839. The summed E-state index contributed by atoms with van der Waals surface area (Å²) in [5.74, 6) is 0.824. The molecule has 136 valence electrons. The maximum atomic E-state index is 13.2. The van der Waals surface area contributed by atoms with E-state index in [0.29, 0.717) is 11.6 Å². The van der Waals surface area contributed by atoms with Gasteiger partial charge in [-0.2, -0.15) is 5.10 Å². The first-order valence-corrected chi connectivity index (χ1v) is 9.81. The summed E-state index contributed by atoms with van der Waals surface area (Å²) in [7, 11) is -3.80. The molecule has 0 amide bonds. The van der Waals surface area contributed by atoms with Crippen molar-refractivity contribution in [2.24, 2.45) is 11.1 Å². The van der Waals surface area contributed by atoms with Crippen LogP contribution >= 0.6 is 0 Å². The lowest BCUT2D eigenvalue weighted by Crippen LogP contribution is -2.15. The highest BCUT2D eigenvalue weighted by Gasteiger charge is 2.26. The summed E-state index contributed by atoms with van der Waals surface area (Å²) in [5, 5.41) is 9.15. The van der Waals surface area contributed by atoms with Crippen LogP contribution in [0.2, 0.25) is 0 Å². The van der Waals surface area contributed by atoms with Crippen LogP contribution in [0, 0.1) is 5.92 Å². The zero-order valence-corrected chi connectivity index (χ0v) is 14.7. The monoisotopic (exact) mass is 369 g/mol. The van der Waals surface area contributed by atoms with Crippen molar-refractivity contribution in [2.75, 3.05) is 0 Å². The zero-order valence-electron chi connectivity index (χ0n) is 13.9. The number of rotatable bonds is 4. The van der Waals surface area contributed by atoms with Crippen LogP contribution in [0.1, 0.15) is 56.3 Å². The molecule has 0 aliphatic heterocycles. The van der Waals surface area contributed by atoms with E-state index in [4.69, 9.17) is 5.14 Å². The first-order chi connectivity index (χ1) is 11.8. The van der Waals surface area contributed by atoms with Gasteiger partial charge in [0, 0.05) is 11.6 Å². The minimum atomic E-state index is -3.80. The number of halogens is 2. The molecule has 1 aliphatic rings. The minimum Gasteiger partial charge on any atom is -0.237 e. The Kier molecular flexibility index (Phi) is 4.92. The molecule has 2 aromatic rings. The van der Waals surface area contributed by atoms with Crippen LogP contribution in [0.5, 0.6) is 0 Å². The van der Waals surface area contributed by atoms with Crippen LogP contribution < -0.4 is 5.14 Å². The van der Waals surface area contributed by atoms with Gasteiger partial charge in [-0.15, -0.1) is 0 Å². The van der Waals surface area contributed by atoms with E-state index >= 15 is 0 Å². The second kappa shape index (κ2) is 6.84. The van der Waals surface area contributed by atoms with Gasteiger partial charge in [0.15, 0.2) is 0 Å². The van der Waals surface area contributed by atoms with Gasteiger partial charge >= 0.3 is 0 Å². The fraction of sp³-hybridized carbons (Fsp3) is 0.471. The summed E-state index contributed by atoms with van der Waals surface area (Å²) in [6.07, 6.45) is 1.34. The number of primary sulfonamides is 1. The molecule has 2 N–H and O–H groups in total. The van der Waals surface area contributed by atoms with Crippen molar-refractivity contribution in [3.63, 3.8) is 0 Å². The maximum Gasteiger partial charge on any atom is 0.282 e. The molecule has 0 saturated heterocycles. The van der Waals surface area contributed by atoms with E-state index in [1.165, 1.54) is 35.0 Å².